The van der Waals surface area contributed by atoms with Crippen LogP contribution in [0.2, 0.25) is 0 Å². The van der Waals surface area contributed by atoms with Gasteiger partial charge in [-0.25, -0.2) is 0 Å². The SMILES string of the molecule is CCC1(O)CC2CN(CCc3c([nH]c4ccccc34)[C@@](C(=O)OC)(c3cc4c(cc3OC)N(C)[C@H]3C(O)(C(N)=O)[C@H](O)[C@]5(CC)C=CCN6CC[C@]43[C@@H]65)C2)C1. The molecule has 3 aromatic rings. The van der Waals surface area contributed by atoms with Crippen LogP contribution in [-0.2, 0) is 31.6 Å². The van der Waals surface area contributed by atoms with E-state index in [4.69, 9.17) is 15.2 Å². The molecule has 6 heterocycles. The summed E-state index contributed by atoms with van der Waals surface area (Å²) in [6, 6.07) is 11.0. The van der Waals surface area contributed by atoms with Gasteiger partial charge in [0.1, 0.15) is 17.3 Å². The third kappa shape index (κ3) is 4.51. The number of aliphatic hydroxyl groups excluding tert-OH is 1. The molecule has 10 atom stereocenters. The van der Waals surface area contributed by atoms with Gasteiger partial charge in [-0.15, -0.1) is 0 Å². The summed E-state index contributed by atoms with van der Waals surface area (Å²) in [5.74, 6) is -1.00. The summed E-state index contributed by atoms with van der Waals surface area (Å²) in [5, 5.41) is 38.0. The number of esters is 1. The lowest BCUT2D eigenvalue weighted by atomic mass is 9.47. The van der Waals surface area contributed by atoms with Gasteiger partial charge in [-0.05, 0) is 74.2 Å². The Bertz CT molecular complexity index is 2120. The molecule has 294 valence electrons. The van der Waals surface area contributed by atoms with Crippen molar-refractivity contribution in [1.29, 1.82) is 0 Å². The average molecular weight is 754 g/mol. The van der Waals surface area contributed by atoms with Crippen molar-refractivity contribution in [2.45, 2.75) is 92.6 Å². The van der Waals surface area contributed by atoms with Crippen LogP contribution in [0.4, 0.5) is 5.69 Å². The Balaban J connectivity index is 1.36. The molecule has 1 amide bonds. The zero-order chi connectivity index (χ0) is 38.9. The number of primary amides is 1. The first-order valence-corrected chi connectivity index (χ1v) is 20.0. The molecule has 2 bridgehead atoms. The first kappa shape index (κ1) is 36.7. The number of carbonyl (C=O) groups is 2. The number of likely N-dealkylation sites (N-methyl/N-ethyl adjacent to an activating group) is 1. The van der Waals surface area contributed by atoms with Crippen molar-refractivity contribution in [3.63, 3.8) is 0 Å². The van der Waals surface area contributed by atoms with Crippen molar-refractivity contribution in [2.24, 2.45) is 17.1 Å². The van der Waals surface area contributed by atoms with E-state index in [1.54, 1.807) is 7.11 Å². The molecule has 0 radical (unpaired) electrons. The van der Waals surface area contributed by atoms with Gasteiger partial charge in [-0.1, -0.05) is 44.2 Å². The van der Waals surface area contributed by atoms with E-state index in [2.05, 4.69) is 26.9 Å². The van der Waals surface area contributed by atoms with E-state index >= 15 is 4.79 Å². The van der Waals surface area contributed by atoms with Gasteiger partial charge in [-0.2, -0.15) is 0 Å². The normalized spacial score (nSPS) is 39.0. The molecule has 12 heteroatoms. The highest BCUT2D eigenvalue weighted by Gasteiger charge is 2.78. The Morgan fingerprint density at radius 1 is 1.04 bits per heavy atom. The molecule has 6 N–H and O–H groups in total. The monoisotopic (exact) mass is 753 g/mol. The zero-order valence-electron chi connectivity index (χ0n) is 32.6. The number of carbonyl (C=O) groups excluding carboxylic acids is 2. The number of ether oxygens (including phenoxy) is 2. The number of aromatic amines is 1. The lowest BCUT2D eigenvalue weighted by Gasteiger charge is -2.63. The molecule has 9 rings (SSSR count). The molecular formula is C43H55N5O7. The Morgan fingerprint density at radius 3 is 2.53 bits per heavy atom. The highest BCUT2D eigenvalue weighted by molar-refractivity contribution is 5.95. The number of piperidine rings is 1. The minimum atomic E-state index is -2.30. The molecule has 2 aromatic carbocycles. The minimum absolute atomic E-state index is 0.0790. The molecular weight excluding hydrogens is 699 g/mol. The molecule has 3 fully saturated rings. The first-order chi connectivity index (χ1) is 26.3. The maximum Gasteiger partial charge on any atom is 0.322 e. The molecule has 55 heavy (non-hydrogen) atoms. The van der Waals surface area contributed by atoms with Crippen molar-refractivity contribution >= 4 is 28.5 Å². The number of hydrogen-bond donors (Lipinski definition) is 5. The third-order valence-electron chi connectivity index (χ3n) is 15.2. The van der Waals surface area contributed by atoms with E-state index < -0.39 is 51.5 Å². The van der Waals surface area contributed by atoms with Gasteiger partial charge in [0.15, 0.2) is 5.60 Å². The number of aliphatic hydroxyl groups is 3. The predicted molar refractivity (Wildman–Crippen MR) is 208 cm³/mol. The van der Waals surface area contributed by atoms with Gasteiger partial charge in [0.25, 0.3) is 5.91 Å². The fourth-order valence-corrected chi connectivity index (χ4v) is 13.1. The number of nitrogens with one attached hydrogen (secondary N) is 1. The lowest BCUT2D eigenvalue weighted by Crippen LogP contribution is -2.81. The summed E-state index contributed by atoms with van der Waals surface area (Å²) in [6.07, 6.45) is 5.78. The van der Waals surface area contributed by atoms with E-state index in [-0.39, 0.29) is 12.0 Å². The van der Waals surface area contributed by atoms with Crippen molar-refractivity contribution in [2.75, 3.05) is 58.9 Å². The van der Waals surface area contributed by atoms with Crippen LogP contribution in [0.3, 0.4) is 0 Å². The molecule has 12 nitrogen and oxygen atoms in total. The van der Waals surface area contributed by atoms with Gasteiger partial charge >= 0.3 is 5.97 Å². The van der Waals surface area contributed by atoms with Crippen molar-refractivity contribution in [3.05, 3.63) is 70.9 Å². The Morgan fingerprint density at radius 2 is 1.82 bits per heavy atom. The van der Waals surface area contributed by atoms with Crippen molar-refractivity contribution in [3.8, 4) is 5.75 Å². The van der Waals surface area contributed by atoms with E-state index in [1.165, 1.54) is 7.11 Å². The maximum absolute atomic E-state index is 15.2. The summed E-state index contributed by atoms with van der Waals surface area (Å²) in [6.45, 7) is 7.39. The van der Waals surface area contributed by atoms with Gasteiger partial charge in [0.2, 0.25) is 0 Å². The number of fused-ring (bicyclic) bond motifs is 6. The zero-order valence-corrected chi connectivity index (χ0v) is 32.6. The number of aromatic nitrogens is 1. The highest BCUT2D eigenvalue weighted by Crippen LogP contribution is 2.67. The number of nitrogens with two attached hydrogens (primary N) is 1. The fourth-order valence-electron chi connectivity index (χ4n) is 13.1. The molecule has 1 spiro atoms. The van der Waals surface area contributed by atoms with E-state index in [0.29, 0.717) is 69.5 Å². The van der Waals surface area contributed by atoms with Crippen molar-refractivity contribution in [1.82, 2.24) is 14.8 Å². The lowest BCUT2D eigenvalue weighted by molar-refractivity contribution is -0.201. The molecule has 2 saturated heterocycles. The number of amides is 1. The quantitative estimate of drug-likeness (QED) is 0.187. The second-order valence-electron chi connectivity index (χ2n) is 17.5. The van der Waals surface area contributed by atoms with Crippen LogP contribution in [0, 0.1) is 11.3 Å². The molecule has 1 aliphatic carbocycles. The number of para-hydroxylation sites is 1. The molecule has 5 aliphatic heterocycles. The van der Waals surface area contributed by atoms with Crippen molar-refractivity contribution < 1.29 is 34.4 Å². The summed E-state index contributed by atoms with van der Waals surface area (Å²) in [4.78, 5) is 39.3. The van der Waals surface area contributed by atoms with E-state index in [9.17, 15) is 20.1 Å². The fraction of sp³-hybridized carbons (Fsp3) is 0.581. The first-order valence-electron chi connectivity index (χ1n) is 20.0. The number of nitrogens with zero attached hydrogens (tertiary/aromatic N) is 3. The van der Waals surface area contributed by atoms with E-state index in [0.717, 1.165) is 46.5 Å². The van der Waals surface area contributed by atoms with Gasteiger partial charge in [0, 0.05) is 84.0 Å². The van der Waals surface area contributed by atoms with Crippen LogP contribution < -0.4 is 15.4 Å². The second kappa shape index (κ2) is 12.3. The predicted octanol–water partition coefficient (Wildman–Crippen LogP) is 2.73. The third-order valence-corrected chi connectivity index (χ3v) is 15.2. The van der Waals surface area contributed by atoms with Crippen LogP contribution in [0.15, 0.2) is 48.6 Å². The van der Waals surface area contributed by atoms with Crippen LogP contribution in [0.1, 0.15) is 68.3 Å². The number of hydrogen-bond acceptors (Lipinski definition) is 10. The Labute approximate surface area is 322 Å². The maximum atomic E-state index is 15.2. The summed E-state index contributed by atoms with van der Waals surface area (Å²) in [5.41, 5.74) is 4.72. The Kier molecular flexibility index (Phi) is 8.19. The Hall–Kier alpha value is -3.94. The number of H-pyrrole nitrogens is 1. The molecule has 1 saturated carbocycles. The van der Waals surface area contributed by atoms with E-state index in [1.807, 2.05) is 62.2 Å². The number of benzene rings is 2. The summed E-state index contributed by atoms with van der Waals surface area (Å²) >= 11 is 0. The van der Waals surface area contributed by atoms with Gasteiger partial charge in [-0.3, -0.25) is 19.4 Å². The number of methoxy groups -OCH3 is 2. The van der Waals surface area contributed by atoms with Crippen LogP contribution in [-0.4, -0.2) is 125 Å². The number of rotatable bonds is 6. The minimum Gasteiger partial charge on any atom is -0.496 e. The van der Waals surface area contributed by atoms with Gasteiger partial charge < -0.3 is 40.4 Å². The van der Waals surface area contributed by atoms with Crippen LogP contribution >= 0.6 is 0 Å². The molecule has 6 aliphatic rings. The standard InChI is InChI=1S/C43H55N5O7/c1-6-39(52)21-25-22-42(38(51)55-5,33-27(13-17-47(23-25)24-39)26-11-8-9-12-30(26)45-33)29-19-28-31(20-32(29)54-4)46(3)35-41(28)15-18-48-16-10-14-40(7-2,34(41)48)36(49)43(35,53)37(44)50/h8-12,14,19-20,25,34-36,45,49,52-53H,6-7,13,15-18,21-24H2,1-5H3,(H2,44,50)/t25?,34-,35+,36+,39?,40+,41+,42-,43?/m0/s1. The average Bonchev–Trinajstić information content (AvgIpc) is 3.84. The summed E-state index contributed by atoms with van der Waals surface area (Å²) in [7, 11) is 4.89. The summed E-state index contributed by atoms with van der Waals surface area (Å²) < 4.78 is 12.2. The number of anilines is 1. The smallest absolute Gasteiger partial charge is 0.322 e. The van der Waals surface area contributed by atoms with Crippen LogP contribution in [0.5, 0.6) is 5.75 Å². The highest BCUT2D eigenvalue weighted by atomic mass is 16.5. The topological polar surface area (TPSA) is 165 Å². The molecule has 4 unspecified atom stereocenters. The molecule has 1 aromatic heterocycles. The second-order valence-corrected chi connectivity index (χ2v) is 17.5. The largest absolute Gasteiger partial charge is 0.496 e. The van der Waals surface area contributed by atoms with Gasteiger partial charge in [0.05, 0.1) is 25.9 Å². The van der Waals surface area contributed by atoms with Crippen LogP contribution in [0.25, 0.3) is 10.9 Å².